The first-order chi connectivity index (χ1) is 14.1. The molecular weight excluding hydrogens is 388 g/mol. The summed E-state index contributed by atoms with van der Waals surface area (Å²) in [7, 11) is 0. The van der Waals surface area contributed by atoms with Crippen molar-refractivity contribution in [3.05, 3.63) is 95.0 Å². The Bertz CT molecular complexity index is 942. The third-order valence-electron chi connectivity index (χ3n) is 4.01. The summed E-state index contributed by atoms with van der Waals surface area (Å²) in [5.41, 5.74) is 4.39. The van der Waals surface area contributed by atoms with Crippen molar-refractivity contribution in [1.82, 2.24) is 5.43 Å². The van der Waals surface area contributed by atoms with Gasteiger partial charge < -0.3 is 9.47 Å². The average molecular weight is 409 g/mol. The fourth-order valence-corrected chi connectivity index (χ4v) is 2.55. The average Bonchev–Trinajstić information content (AvgIpc) is 2.75. The summed E-state index contributed by atoms with van der Waals surface area (Å²) >= 11 is 5.83. The Hall–Kier alpha value is -3.31. The number of hydrazone groups is 1. The maximum atomic E-state index is 12.1. The van der Waals surface area contributed by atoms with E-state index in [-0.39, 0.29) is 5.91 Å². The van der Waals surface area contributed by atoms with Gasteiger partial charge in [-0.05, 0) is 54.4 Å². The highest BCUT2D eigenvalue weighted by Gasteiger charge is 2.13. The van der Waals surface area contributed by atoms with Gasteiger partial charge in [0, 0.05) is 5.02 Å². The first-order valence-electron chi connectivity index (χ1n) is 9.12. The van der Waals surface area contributed by atoms with Crippen LogP contribution in [0.1, 0.15) is 18.1 Å². The molecule has 0 spiro atoms. The summed E-state index contributed by atoms with van der Waals surface area (Å²) in [6.45, 7) is 2.15. The number of halogens is 1. The third-order valence-corrected chi connectivity index (χ3v) is 4.26. The quantitative estimate of drug-likeness (QED) is 0.428. The number of ether oxygens (including phenoxy) is 2. The Kier molecular flexibility index (Phi) is 7.25. The molecule has 3 aromatic rings. The van der Waals surface area contributed by atoms with Crippen molar-refractivity contribution in [2.75, 3.05) is 0 Å². The summed E-state index contributed by atoms with van der Waals surface area (Å²) in [6.07, 6.45) is 0.841. The fourth-order valence-electron chi connectivity index (χ4n) is 2.42. The molecule has 0 aliphatic rings. The van der Waals surface area contributed by atoms with Gasteiger partial charge in [0.1, 0.15) is 18.1 Å². The molecule has 0 saturated carbocycles. The smallest absolute Gasteiger partial charge is 0.280 e. The molecule has 3 aromatic carbocycles. The van der Waals surface area contributed by atoms with E-state index in [1.54, 1.807) is 49.5 Å². The lowest BCUT2D eigenvalue weighted by atomic mass is 10.2. The minimum absolute atomic E-state index is 0.348. The summed E-state index contributed by atoms with van der Waals surface area (Å²) < 4.78 is 11.4. The number of benzene rings is 3. The number of carbonyl (C=O) groups is 1. The molecule has 0 aromatic heterocycles. The molecule has 1 atom stereocenters. The number of nitrogens with one attached hydrogen (secondary N) is 1. The SMILES string of the molecule is C[C@@H](Oc1ccc(OCc2ccccc2)cc1)C(=O)N/N=C\c1ccc(Cl)cc1. The van der Waals surface area contributed by atoms with Gasteiger partial charge in [-0.1, -0.05) is 54.1 Å². The second-order valence-corrected chi connectivity index (χ2v) is 6.73. The molecular formula is C23H21ClN2O3. The van der Waals surface area contributed by atoms with Crippen LogP contribution in [0.4, 0.5) is 0 Å². The molecule has 0 aliphatic carbocycles. The van der Waals surface area contributed by atoms with Crippen LogP contribution in [0.3, 0.4) is 0 Å². The molecule has 29 heavy (non-hydrogen) atoms. The zero-order valence-electron chi connectivity index (χ0n) is 15.9. The van der Waals surface area contributed by atoms with Crippen LogP contribution in [0.25, 0.3) is 0 Å². The Morgan fingerprint density at radius 2 is 1.66 bits per heavy atom. The van der Waals surface area contributed by atoms with Gasteiger partial charge in [-0.2, -0.15) is 5.10 Å². The van der Waals surface area contributed by atoms with Crippen molar-refractivity contribution in [3.63, 3.8) is 0 Å². The second-order valence-electron chi connectivity index (χ2n) is 6.29. The van der Waals surface area contributed by atoms with Gasteiger partial charge in [0.2, 0.25) is 0 Å². The topological polar surface area (TPSA) is 59.9 Å². The molecule has 1 N–H and O–H groups in total. The molecule has 1 amide bonds. The van der Waals surface area contributed by atoms with Gasteiger partial charge in [0.25, 0.3) is 5.91 Å². The van der Waals surface area contributed by atoms with E-state index in [4.69, 9.17) is 21.1 Å². The Balaban J connectivity index is 1.46. The van der Waals surface area contributed by atoms with Crippen LogP contribution in [0.5, 0.6) is 11.5 Å². The molecule has 0 radical (unpaired) electrons. The van der Waals surface area contributed by atoms with Crippen LogP contribution in [0.2, 0.25) is 5.02 Å². The third kappa shape index (κ3) is 6.66. The summed E-state index contributed by atoms with van der Waals surface area (Å²) in [4.78, 5) is 12.1. The number of amides is 1. The highest BCUT2D eigenvalue weighted by Crippen LogP contribution is 2.19. The number of hydrogen-bond acceptors (Lipinski definition) is 4. The van der Waals surface area contributed by atoms with Crippen LogP contribution in [-0.4, -0.2) is 18.2 Å². The standard InChI is InChI=1S/C23H21ClN2O3/c1-17(23(27)26-25-15-18-7-9-20(24)10-8-18)29-22-13-11-21(12-14-22)28-16-19-5-3-2-4-6-19/h2-15,17H,16H2,1H3,(H,26,27)/b25-15-/t17-/m1/s1. The molecule has 5 nitrogen and oxygen atoms in total. The van der Waals surface area contributed by atoms with Crippen molar-refractivity contribution in [2.24, 2.45) is 5.10 Å². The maximum absolute atomic E-state index is 12.1. The lowest BCUT2D eigenvalue weighted by Gasteiger charge is -2.13. The molecule has 0 fully saturated rings. The lowest BCUT2D eigenvalue weighted by Crippen LogP contribution is -2.33. The van der Waals surface area contributed by atoms with E-state index in [9.17, 15) is 4.79 Å². The van der Waals surface area contributed by atoms with E-state index in [2.05, 4.69) is 10.5 Å². The molecule has 0 saturated heterocycles. The molecule has 0 heterocycles. The number of rotatable bonds is 8. The van der Waals surface area contributed by atoms with Crippen molar-refractivity contribution < 1.29 is 14.3 Å². The molecule has 3 rings (SSSR count). The summed E-state index contributed by atoms with van der Waals surface area (Å²) in [6, 6.07) is 24.2. The Morgan fingerprint density at radius 3 is 2.34 bits per heavy atom. The van der Waals surface area contributed by atoms with E-state index in [1.807, 2.05) is 42.5 Å². The molecule has 6 heteroatoms. The minimum Gasteiger partial charge on any atom is -0.489 e. The number of carbonyl (C=O) groups excluding carboxylic acids is 1. The molecule has 0 unspecified atom stereocenters. The predicted octanol–water partition coefficient (Wildman–Crippen LogP) is 4.84. The Morgan fingerprint density at radius 1 is 1.00 bits per heavy atom. The zero-order chi connectivity index (χ0) is 20.5. The van der Waals surface area contributed by atoms with Crippen molar-refractivity contribution in [1.29, 1.82) is 0 Å². The van der Waals surface area contributed by atoms with Gasteiger partial charge in [-0.25, -0.2) is 5.43 Å². The fraction of sp³-hybridized carbons (Fsp3) is 0.130. The van der Waals surface area contributed by atoms with Crippen LogP contribution in [0.15, 0.2) is 84.0 Å². The maximum Gasteiger partial charge on any atom is 0.280 e. The predicted molar refractivity (Wildman–Crippen MR) is 114 cm³/mol. The summed E-state index contributed by atoms with van der Waals surface area (Å²) in [5.74, 6) is 0.951. The normalized spacial score (nSPS) is 11.8. The zero-order valence-corrected chi connectivity index (χ0v) is 16.7. The van der Waals surface area contributed by atoms with Gasteiger partial charge >= 0.3 is 0 Å². The van der Waals surface area contributed by atoms with Crippen molar-refractivity contribution in [2.45, 2.75) is 19.6 Å². The van der Waals surface area contributed by atoms with Crippen LogP contribution in [-0.2, 0) is 11.4 Å². The van der Waals surface area contributed by atoms with E-state index < -0.39 is 6.10 Å². The van der Waals surface area contributed by atoms with Gasteiger partial charge in [0.15, 0.2) is 6.10 Å². The first kappa shape index (κ1) is 20.4. The van der Waals surface area contributed by atoms with Crippen molar-refractivity contribution in [3.8, 4) is 11.5 Å². The molecule has 0 aliphatic heterocycles. The lowest BCUT2D eigenvalue weighted by molar-refractivity contribution is -0.127. The summed E-state index contributed by atoms with van der Waals surface area (Å²) in [5, 5.41) is 4.58. The van der Waals surface area contributed by atoms with E-state index in [1.165, 1.54) is 0 Å². The van der Waals surface area contributed by atoms with Crippen LogP contribution < -0.4 is 14.9 Å². The number of nitrogens with zero attached hydrogens (tertiary/aromatic N) is 1. The van der Waals surface area contributed by atoms with Crippen LogP contribution in [0, 0.1) is 0 Å². The van der Waals surface area contributed by atoms with Crippen LogP contribution >= 0.6 is 11.6 Å². The van der Waals surface area contributed by atoms with E-state index in [0.717, 1.165) is 16.9 Å². The highest BCUT2D eigenvalue weighted by atomic mass is 35.5. The van der Waals surface area contributed by atoms with Gasteiger partial charge in [-0.3, -0.25) is 4.79 Å². The van der Waals surface area contributed by atoms with E-state index >= 15 is 0 Å². The number of hydrogen-bond donors (Lipinski definition) is 1. The molecule has 148 valence electrons. The monoisotopic (exact) mass is 408 g/mol. The first-order valence-corrected chi connectivity index (χ1v) is 9.50. The largest absolute Gasteiger partial charge is 0.489 e. The minimum atomic E-state index is -0.701. The second kappa shape index (κ2) is 10.3. The van der Waals surface area contributed by atoms with Crippen molar-refractivity contribution >= 4 is 23.7 Å². The highest BCUT2D eigenvalue weighted by molar-refractivity contribution is 6.30. The van der Waals surface area contributed by atoms with Gasteiger partial charge in [-0.15, -0.1) is 0 Å². The Labute approximate surface area is 174 Å². The van der Waals surface area contributed by atoms with E-state index in [0.29, 0.717) is 17.4 Å². The van der Waals surface area contributed by atoms with Gasteiger partial charge in [0.05, 0.1) is 6.21 Å². The molecule has 0 bridgehead atoms.